The zero-order chi connectivity index (χ0) is 27.3. The maximum atomic E-state index is 12.3. The van der Waals surface area contributed by atoms with Crippen molar-refractivity contribution in [2.75, 3.05) is 72.9 Å². The number of hydrogen-bond donors (Lipinski definition) is 4. The van der Waals surface area contributed by atoms with Gasteiger partial charge in [0.25, 0.3) is 0 Å². The largest absolute Gasteiger partial charge is 0.371 e. The third kappa shape index (κ3) is 6.23. The number of hydrogen-bond acceptors (Lipinski definition) is 9. The molecule has 40 heavy (non-hydrogen) atoms. The van der Waals surface area contributed by atoms with Crippen molar-refractivity contribution in [3.05, 3.63) is 48.5 Å². The molecule has 0 radical (unpaired) electrons. The summed E-state index contributed by atoms with van der Waals surface area (Å²) in [5.74, 6) is 1.59. The SMILES string of the molecule is O=C(NCCF)Nc1ccc(-c2nc(Nc3ccc(N4CCNCC4)cc3)nc(N3CC4CCC(C3)O4)n2)cc1. The lowest BCUT2D eigenvalue weighted by atomic mass is 10.2. The fraction of sp³-hybridized carbons (Fsp3) is 0.429. The summed E-state index contributed by atoms with van der Waals surface area (Å²) >= 11 is 0. The van der Waals surface area contributed by atoms with Crippen molar-refractivity contribution in [3.63, 3.8) is 0 Å². The van der Waals surface area contributed by atoms with Crippen molar-refractivity contribution < 1.29 is 13.9 Å². The number of nitrogens with one attached hydrogen (secondary N) is 4. The molecule has 4 heterocycles. The van der Waals surface area contributed by atoms with Crippen molar-refractivity contribution in [1.82, 2.24) is 25.6 Å². The number of aromatic nitrogens is 3. The average molecular weight is 548 g/mol. The molecule has 1 aromatic heterocycles. The van der Waals surface area contributed by atoms with Crippen molar-refractivity contribution in [2.24, 2.45) is 0 Å². The highest BCUT2D eigenvalue weighted by Crippen LogP contribution is 2.30. The monoisotopic (exact) mass is 547 g/mol. The van der Waals surface area contributed by atoms with Gasteiger partial charge in [-0.2, -0.15) is 15.0 Å². The molecule has 210 valence electrons. The predicted molar refractivity (Wildman–Crippen MR) is 153 cm³/mol. The van der Waals surface area contributed by atoms with Gasteiger partial charge in [-0.25, -0.2) is 9.18 Å². The van der Waals surface area contributed by atoms with E-state index in [-0.39, 0.29) is 18.8 Å². The second kappa shape index (κ2) is 12.0. The fourth-order valence-electron chi connectivity index (χ4n) is 5.32. The minimum absolute atomic E-state index is 0.0327. The molecule has 2 amide bonds. The van der Waals surface area contributed by atoms with Gasteiger partial charge in [-0.15, -0.1) is 0 Å². The zero-order valence-corrected chi connectivity index (χ0v) is 22.3. The molecule has 2 bridgehead atoms. The first-order chi connectivity index (χ1) is 19.6. The lowest BCUT2D eigenvalue weighted by molar-refractivity contribution is 0.0299. The first-order valence-corrected chi connectivity index (χ1v) is 13.8. The first-order valence-electron chi connectivity index (χ1n) is 13.8. The number of piperazine rings is 1. The molecule has 11 nitrogen and oxygen atoms in total. The summed E-state index contributed by atoms with van der Waals surface area (Å²) in [7, 11) is 0. The van der Waals surface area contributed by atoms with Gasteiger partial charge in [0.1, 0.15) is 6.67 Å². The molecule has 3 fully saturated rings. The number of urea groups is 1. The lowest BCUT2D eigenvalue weighted by Gasteiger charge is -2.32. The van der Waals surface area contributed by atoms with E-state index >= 15 is 0 Å². The number of fused-ring (bicyclic) bond motifs is 2. The standard InChI is InChI=1S/C28H34FN9O2/c29-11-12-31-28(39)33-21-3-1-19(2-4-21)25-34-26(36-27(35-25)38-17-23-9-10-24(18-38)40-23)32-20-5-7-22(8-6-20)37-15-13-30-14-16-37/h1-8,23-24,30H,9-18H2,(H2,31,33,39)(H,32,34,35,36). The Hall–Kier alpha value is -4.03. The molecule has 6 rings (SSSR count). The minimum atomic E-state index is -0.616. The van der Waals surface area contributed by atoms with Gasteiger partial charge in [0.05, 0.1) is 12.2 Å². The van der Waals surface area contributed by atoms with Crippen LogP contribution in [0.3, 0.4) is 0 Å². The maximum absolute atomic E-state index is 12.3. The molecule has 3 aromatic rings. The molecule has 3 aliphatic rings. The van der Waals surface area contributed by atoms with E-state index in [2.05, 4.69) is 43.2 Å². The third-order valence-electron chi connectivity index (χ3n) is 7.34. The summed E-state index contributed by atoms with van der Waals surface area (Å²) in [6.07, 6.45) is 2.50. The van der Waals surface area contributed by atoms with E-state index in [4.69, 9.17) is 19.7 Å². The van der Waals surface area contributed by atoms with Gasteiger partial charge in [0.2, 0.25) is 11.9 Å². The number of amides is 2. The van der Waals surface area contributed by atoms with Gasteiger partial charge in [0, 0.05) is 68.4 Å². The molecular formula is C28H34FN9O2. The maximum Gasteiger partial charge on any atom is 0.319 e. The van der Waals surface area contributed by atoms with Crippen LogP contribution < -0.4 is 31.1 Å². The highest BCUT2D eigenvalue weighted by molar-refractivity contribution is 5.89. The molecule has 2 atom stereocenters. The number of benzene rings is 2. The van der Waals surface area contributed by atoms with Crippen LogP contribution in [0.5, 0.6) is 0 Å². The Kier molecular flexibility index (Phi) is 7.87. The van der Waals surface area contributed by atoms with E-state index in [0.29, 0.717) is 23.4 Å². The molecular weight excluding hydrogens is 513 g/mol. The van der Waals surface area contributed by atoms with Gasteiger partial charge < -0.3 is 35.8 Å². The predicted octanol–water partition coefficient (Wildman–Crippen LogP) is 3.15. The van der Waals surface area contributed by atoms with Crippen LogP contribution in [0, 0.1) is 0 Å². The Balaban J connectivity index is 1.24. The van der Waals surface area contributed by atoms with Crippen molar-refractivity contribution >= 4 is 35.0 Å². The lowest BCUT2D eigenvalue weighted by Crippen LogP contribution is -2.43. The van der Waals surface area contributed by atoms with E-state index in [1.165, 1.54) is 5.69 Å². The number of morpholine rings is 1. The number of halogens is 1. The summed E-state index contributed by atoms with van der Waals surface area (Å²) in [6.45, 7) is 4.80. The Morgan fingerprint density at radius 3 is 2.33 bits per heavy atom. The van der Waals surface area contributed by atoms with Gasteiger partial charge in [-0.1, -0.05) is 0 Å². The van der Waals surface area contributed by atoms with Crippen LogP contribution in [0.15, 0.2) is 48.5 Å². The number of anilines is 5. The summed E-state index contributed by atoms with van der Waals surface area (Å²) in [6, 6.07) is 15.1. The zero-order valence-electron chi connectivity index (χ0n) is 22.3. The topological polar surface area (TPSA) is 120 Å². The van der Waals surface area contributed by atoms with E-state index in [9.17, 15) is 9.18 Å². The number of alkyl halides is 1. The Morgan fingerprint density at radius 2 is 1.62 bits per heavy atom. The number of carbonyl (C=O) groups excluding carboxylic acids is 1. The Labute approximate surface area is 232 Å². The smallest absolute Gasteiger partial charge is 0.319 e. The Morgan fingerprint density at radius 1 is 0.925 bits per heavy atom. The summed E-state index contributed by atoms with van der Waals surface area (Å²) in [4.78, 5) is 30.8. The third-order valence-corrected chi connectivity index (χ3v) is 7.34. The van der Waals surface area contributed by atoms with Crippen molar-refractivity contribution in [2.45, 2.75) is 25.0 Å². The number of rotatable bonds is 8. The molecule has 0 saturated carbocycles. The molecule has 2 unspecified atom stereocenters. The van der Waals surface area contributed by atoms with E-state index < -0.39 is 12.7 Å². The normalized spacial score (nSPS) is 20.3. The van der Waals surface area contributed by atoms with Crippen LogP contribution in [0.4, 0.5) is 38.1 Å². The highest BCUT2D eigenvalue weighted by Gasteiger charge is 2.35. The Bertz CT molecular complexity index is 1290. The van der Waals surface area contributed by atoms with Crippen LogP contribution in [0.25, 0.3) is 11.4 Å². The van der Waals surface area contributed by atoms with Crippen LogP contribution >= 0.6 is 0 Å². The summed E-state index contributed by atoms with van der Waals surface area (Å²) in [5.41, 5.74) is 3.46. The van der Waals surface area contributed by atoms with Crippen molar-refractivity contribution in [1.29, 1.82) is 0 Å². The van der Waals surface area contributed by atoms with Crippen LogP contribution in [-0.4, -0.2) is 85.7 Å². The fourth-order valence-corrected chi connectivity index (χ4v) is 5.32. The minimum Gasteiger partial charge on any atom is -0.371 e. The molecule has 4 N–H and O–H groups in total. The van der Waals surface area contributed by atoms with Crippen LogP contribution in [0.2, 0.25) is 0 Å². The molecule has 12 heteroatoms. The number of ether oxygens (including phenoxy) is 1. The van der Waals surface area contributed by atoms with Crippen molar-refractivity contribution in [3.8, 4) is 11.4 Å². The first kappa shape index (κ1) is 26.2. The van der Waals surface area contributed by atoms with Gasteiger partial charge in [-0.05, 0) is 61.4 Å². The second-order valence-electron chi connectivity index (χ2n) is 10.2. The number of carbonyl (C=O) groups is 1. The molecule has 0 aliphatic carbocycles. The van der Waals surface area contributed by atoms with E-state index in [0.717, 1.165) is 63.4 Å². The quantitative estimate of drug-likeness (QED) is 0.337. The van der Waals surface area contributed by atoms with E-state index in [1.54, 1.807) is 12.1 Å². The number of nitrogens with zero attached hydrogens (tertiary/aromatic N) is 5. The van der Waals surface area contributed by atoms with Gasteiger partial charge in [-0.3, -0.25) is 0 Å². The second-order valence-corrected chi connectivity index (χ2v) is 10.2. The molecule has 3 aliphatic heterocycles. The summed E-state index contributed by atoms with van der Waals surface area (Å²) < 4.78 is 18.4. The van der Waals surface area contributed by atoms with Gasteiger partial charge in [0.15, 0.2) is 5.82 Å². The average Bonchev–Trinajstić information content (AvgIpc) is 3.34. The molecule has 0 spiro atoms. The highest BCUT2D eigenvalue weighted by atomic mass is 19.1. The molecule has 3 saturated heterocycles. The summed E-state index contributed by atoms with van der Waals surface area (Å²) in [5, 5.41) is 11.9. The van der Waals surface area contributed by atoms with Crippen LogP contribution in [0.1, 0.15) is 12.8 Å². The van der Waals surface area contributed by atoms with Gasteiger partial charge >= 0.3 is 6.03 Å². The molecule has 2 aromatic carbocycles. The van der Waals surface area contributed by atoms with Crippen LogP contribution in [-0.2, 0) is 4.74 Å². The van der Waals surface area contributed by atoms with E-state index in [1.807, 2.05) is 24.3 Å².